The molecular formula is C22H21N7O3. The maximum atomic E-state index is 9.53. The zero-order valence-corrected chi connectivity index (χ0v) is 17.3. The van der Waals surface area contributed by atoms with Crippen LogP contribution in [0.2, 0.25) is 0 Å². The summed E-state index contributed by atoms with van der Waals surface area (Å²) < 4.78 is 13.2. The van der Waals surface area contributed by atoms with Crippen molar-refractivity contribution in [2.24, 2.45) is 0 Å². The van der Waals surface area contributed by atoms with E-state index in [9.17, 15) is 10.4 Å². The molecule has 162 valence electrons. The van der Waals surface area contributed by atoms with Gasteiger partial charge in [-0.2, -0.15) is 10.2 Å². The van der Waals surface area contributed by atoms with Gasteiger partial charge in [-0.1, -0.05) is 5.16 Å². The van der Waals surface area contributed by atoms with Crippen LogP contribution in [0.1, 0.15) is 36.1 Å². The molecule has 0 atom stereocenters. The summed E-state index contributed by atoms with van der Waals surface area (Å²) in [6.45, 7) is 2.39. The van der Waals surface area contributed by atoms with Crippen LogP contribution in [-0.4, -0.2) is 62.2 Å². The van der Waals surface area contributed by atoms with Gasteiger partial charge in [-0.15, -0.1) is 0 Å². The molecule has 0 spiro atoms. The first-order valence-electron chi connectivity index (χ1n) is 10.7. The standard InChI is InChI=1S/C22H21N7O3/c23-9-13-1-2-17-16(7-13)21-18(10-24-17)25-20(29(21)14-3-5-31-6-4-14)8-19-26-22(32-27-19)28-11-15(30)12-28/h1-2,7,10,14-15,30H,3-6,8,11-12H2. The maximum Gasteiger partial charge on any atom is 0.324 e. The third-order valence-corrected chi connectivity index (χ3v) is 6.18. The van der Waals surface area contributed by atoms with E-state index in [2.05, 4.69) is 25.8 Å². The van der Waals surface area contributed by atoms with Crippen molar-refractivity contribution in [3.8, 4) is 6.07 Å². The van der Waals surface area contributed by atoms with Gasteiger partial charge < -0.3 is 23.8 Å². The molecule has 0 radical (unpaired) electrons. The van der Waals surface area contributed by atoms with Crippen molar-refractivity contribution >= 4 is 28.0 Å². The van der Waals surface area contributed by atoms with E-state index in [0.29, 0.717) is 50.1 Å². The lowest BCUT2D eigenvalue weighted by atomic mass is 10.1. The third kappa shape index (κ3) is 3.18. The number of nitriles is 1. The molecule has 0 unspecified atom stereocenters. The number of nitrogens with zero attached hydrogens (tertiary/aromatic N) is 7. The smallest absolute Gasteiger partial charge is 0.324 e. The highest BCUT2D eigenvalue weighted by atomic mass is 16.5. The quantitative estimate of drug-likeness (QED) is 0.516. The van der Waals surface area contributed by atoms with Crippen LogP contribution < -0.4 is 4.90 Å². The van der Waals surface area contributed by atoms with Gasteiger partial charge in [-0.3, -0.25) is 4.98 Å². The lowest BCUT2D eigenvalue weighted by molar-refractivity contribution is 0.0700. The molecular weight excluding hydrogens is 410 g/mol. The van der Waals surface area contributed by atoms with Crippen molar-refractivity contribution < 1.29 is 14.4 Å². The monoisotopic (exact) mass is 431 g/mol. The van der Waals surface area contributed by atoms with Crippen LogP contribution in [0, 0.1) is 11.3 Å². The summed E-state index contributed by atoms with van der Waals surface area (Å²) in [5.74, 6) is 1.37. The van der Waals surface area contributed by atoms with Crippen LogP contribution in [-0.2, 0) is 11.2 Å². The number of pyridine rings is 1. The second-order valence-corrected chi connectivity index (χ2v) is 8.31. The number of benzene rings is 1. The van der Waals surface area contributed by atoms with Gasteiger partial charge in [-0.25, -0.2) is 4.98 Å². The lowest BCUT2D eigenvalue weighted by Crippen LogP contribution is -2.51. The predicted molar refractivity (Wildman–Crippen MR) is 114 cm³/mol. The Balaban J connectivity index is 1.46. The van der Waals surface area contributed by atoms with Gasteiger partial charge in [0.15, 0.2) is 5.82 Å². The van der Waals surface area contributed by atoms with E-state index >= 15 is 0 Å². The summed E-state index contributed by atoms with van der Waals surface area (Å²) in [6, 6.07) is 8.41. The maximum absolute atomic E-state index is 9.53. The van der Waals surface area contributed by atoms with Crippen molar-refractivity contribution in [1.82, 2.24) is 24.7 Å². The lowest BCUT2D eigenvalue weighted by Gasteiger charge is -2.33. The van der Waals surface area contributed by atoms with Gasteiger partial charge in [0.2, 0.25) is 0 Å². The number of ether oxygens (including phenoxy) is 1. The fraction of sp³-hybridized carbons (Fsp3) is 0.409. The highest BCUT2D eigenvalue weighted by Gasteiger charge is 2.30. The second-order valence-electron chi connectivity index (χ2n) is 8.31. The predicted octanol–water partition coefficient (Wildman–Crippen LogP) is 1.96. The zero-order chi connectivity index (χ0) is 21.7. The zero-order valence-electron chi connectivity index (χ0n) is 17.3. The topological polar surface area (TPSA) is 126 Å². The number of β-amino-alcohol motifs (C(OH)–C–C–N with tert-alkyl or cyclic N) is 1. The number of hydrogen-bond acceptors (Lipinski definition) is 9. The van der Waals surface area contributed by atoms with Crippen LogP contribution in [0.4, 0.5) is 6.01 Å². The van der Waals surface area contributed by atoms with Crippen LogP contribution in [0.5, 0.6) is 0 Å². The van der Waals surface area contributed by atoms with E-state index in [4.69, 9.17) is 14.2 Å². The molecule has 2 aliphatic rings. The van der Waals surface area contributed by atoms with Crippen molar-refractivity contribution in [2.45, 2.75) is 31.4 Å². The molecule has 0 saturated carbocycles. The summed E-state index contributed by atoms with van der Waals surface area (Å²) in [6.07, 6.45) is 3.60. The number of rotatable bonds is 4. The highest BCUT2D eigenvalue weighted by Crippen LogP contribution is 2.33. The Hall–Kier alpha value is -3.55. The highest BCUT2D eigenvalue weighted by molar-refractivity contribution is 6.02. The molecule has 0 bridgehead atoms. The number of aromatic nitrogens is 5. The van der Waals surface area contributed by atoms with Crippen molar-refractivity contribution in [1.29, 1.82) is 5.26 Å². The number of imidazole rings is 1. The molecule has 0 amide bonds. The molecule has 2 saturated heterocycles. The van der Waals surface area contributed by atoms with E-state index in [-0.39, 0.29) is 12.1 Å². The molecule has 2 aliphatic heterocycles. The van der Waals surface area contributed by atoms with Gasteiger partial charge in [0.1, 0.15) is 11.3 Å². The first-order chi connectivity index (χ1) is 15.7. The fourth-order valence-corrected chi connectivity index (χ4v) is 4.55. The minimum atomic E-state index is -0.345. The summed E-state index contributed by atoms with van der Waals surface area (Å²) in [7, 11) is 0. The van der Waals surface area contributed by atoms with Gasteiger partial charge >= 0.3 is 6.01 Å². The molecule has 10 nitrogen and oxygen atoms in total. The molecule has 6 rings (SSSR count). The molecule has 2 fully saturated rings. The van der Waals surface area contributed by atoms with Crippen LogP contribution in [0.25, 0.3) is 21.9 Å². The summed E-state index contributed by atoms with van der Waals surface area (Å²) >= 11 is 0. The average Bonchev–Trinajstić information content (AvgIpc) is 3.41. The Labute approximate surface area is 183 Å². The van der Waals surface area contributed by atoms with Crippen molar-refractivity contribution in [3.05, 3.63) is 41.6 Å². The summed E-state index contributed by atoms with van der Waals surface area (Å²) in [5, 5.41) is 24.0. The van der Waals surface area contributed by atoms with Gasteiger partial charge in [-0.05, 0) is 31.0 Å². The van der Waals surface area contributed by atoms with Gasteiger partial charge in [0, 0.05) is 24.6 Å². The second kappa shape index (κ2) is 7.55. The minimum absolute atomic E-state index is 0.219. The van der Waals surface area contributed by atoms with Crippen LogP contribution in [0.3, 0.4) is 0 Å². The summed E-state index contributed by atoms with van der Waals surface area (Å²) in [4.78, 5) is 15.8. The average molecular weight is 431 g/mol. The van der Waals surface area contributed by atoms with Crippen molar-refractivity contribution in [2.75, 3.05) is 31.2 Å². The Morgan fingerprint density at radius 2 is 2.00 bits per heavy atom. The van der Waals surface area contributed by atoms with Gasteiger partial charge in [0.25, 0.3) is 0 Å². The molecule has 10 heteroatoms. The Bertz CT molecular complexity index is 1340. The fourth-order valence-electron chi connectivity index (χ4n) is 4.55. The minimum Gasteiger partial charge on any atom is -0.389 e. The van der Waals surface area contributed by atoms with Crippen molar-refractivity contribution in [3.63, 3.8) is 0 Å². The number of aliphatic hydroxyl groups is 1. The van der Waals surface area contributed by atoms with Crippen LogP contribution >= 0.6 is 0 Å². The first-order valence-corrected chi connectivity index (χ1v) is 10.7. The number of anilines is 1. The molecule has 32 heavy (non-hydrogen) atoms. The molecule has 3 aromatic heterocycles. The number of hydrogen-bond donors (Lipinski definition) is 1. The van der Waals surface area contributed by atoms with E-state index < -0.39 is 0 Å². The number of fused-ring (bicyclic) bond motifs is 3. The Kier molecular flexibility index (Phi) is 4.52. The Morgan fingerprint density at radius 1 is 1.16 bits per heavy atom. The number of aliphatic hydroxyl groups excluding tert-OH is 1. The van der Waals surface area contributed by atoms with E-state index in [1.54, 1.807) is 12.3 Å². The van der Waals surface area contributed by atoms with E-state index in [1.807, 2.05) is 17.0 Å². The normalized spacial score (nSPS) is 17.7. The van der Waals surface area contributed by atoms with E-state index in [1.165, 1.54) is 0 Å². The Morgan fingerprint density at radius 3 is 2.78 bits per heavy atom. The molecule has 0 aliphatic carbocycles. The molecule has 1 aromatic carbocycles. The summed E-state index contributed by atoms with van der Waals surface area (Å²) in [5.41, 5.74) is 3.18. The molecule has 1 N–H and O–H groups in total. The first kappa shape index (κ1) is 19.2. The molecule has 4 aromatic rings. The largest absolute Gasteiger partial charge is 0.389 e. The van der Waals surface area contributed by atoms with Crippen LogP contribution in [0.15, 0.2) is 28.9 Å². The van der Waals surface area contributed by atoms with Gasteiger partial charge in [0.05, 0.1) is 54.5 Å². The molecule has 5 heterocycles. The van der Waals surface area contributed by atoms with E-state index in [0.717, 1.165) is 40.6 Å². The SMILES string of the molecule is N#Cc1ccc2ncc3nc(Cc4noc(N5CC(O)C5)n4)n(C4CCOCC4)c3c2c1. The third-order valence-electron chi connectivity index (χ3n) is 6.18.